The van der Waals surface area contributed by atoms with E-state index in [0.29, 0.717) is 12.3 Å². The van der Waals surface area contributed by atoms with Crippen molar-refractivity contribution in [2.45, 2.75) is 11.3 Å². The van der Waals surface area contributed by atoms with Gasteiger partial charge in [-0.15, -0.1) is 11.6 Å². The smallest absolute Gasteiger partial charge is 0.242 e. The lowest BCUT2D eigenvalue weighted by Crippen LogP contribution is -2.25. The highest BCUT2D eigenvalue weighted by Gasteiger charge is 2.18. The predicted molar refractivity (Wildman–Crippen MR) is 71.4 cm³/mol. The second-order valence-corrected chi connectivity index (χ2v) is 6.17. The predicted octanol–water partition coefficient (Wildman–Crippen LogP) is 2.48. The topological polar surface area (TPSA) is 72.2 Å². The van der Waals surface area contributed by atoms with Crippen LogP contribution >= 0.6 is 34.8 Å². The Morgan fingerprint density at radius 2 is 1.88 bits per heavy atom. The lowest BCUT2D eigenvalue weighted by Gasteiger charge is -2.09. The minimum atomic E-state index is -3.68. The van der Waals surface area contributed by atoms with Crippen LogP contribution in [0.2, 0.25) is 10.0 Å². The number of nitrogen functional groups attached to an aromatic ring is 1. The summed E-state index contributed by atoms with van der Waals surface area (Å²) in [5.41, 5.74) is 5.74. The van der Waals surface area contributed by atoms with E-state index in [1.807, 2.05) is 0 Å². The van der Waals surface area contributed by atoms with E-state index in [2.05, 4.69) is 4.72 Å². The number of sulfonamides is 1. The Hall–Kier alpha value is -0.200. The molecule has 8 heteroatoms. The molecular formula is C9H11Cl3N2O2S. The summed E-state index contributed by atoms with van der Waals surface area (Å²) in [5, 5.41) is 0.178. The highest BCUT2D eigenvalue weighted by molar-refractivity contribution is 7.89. The molecule has 0 atom stereocenters. The van der Waals surface area contributed by atoms with Gasteiger partial charge in [-0.05, 0) is 18.6 Å². The Labute approximate surface area is 115 Å². The molecule has 0 aromatic heterocycles. The molecule has 0 aliphatic heterocycles. The van der Waals surface area contributed by atoms with Crippen molar-refractivity contribution in [1.29, 1.82) is 0 Å². The zero-order valence-electron chi connectivity index (χ0n) is 8.71. The second-order valence-electron chi connectivity index (χ2n) is 3.24. The second kappa shape index (κ2) is 6.11. The van der Waals surface area contributed by atoms with Crippen molar-refractivity contribution in [3.05, 3.63) is 22.2 Å². The van der Waals surface area contributed by atoms with Gasteiger partial charge >= 0.3 is 0 Å². The van der Waals surface area contributed by atoms with E-state index in [1.165, 1.54) is 12.1 Å². The van der Waals surface area contributed by atoms with Crippen LogP contribution in [0.3, 0.4) is 0 Å². The number of hydrogen-bond donors (Lipinski definition) is 2. The average Bonchev–Trinajstić information content (AvgIpc) is 2.23. The van der Waals surface area contributed by atoms with E-state index >= 15 is 0 Å². The largest absolute Gasteiger partial charge is 0.397 e. The van der Waals surface area contributed by atoms with Gasteiger partial charge in [-0.25, -0.2) is 13.1 Å². The van der Waals surface area contributed by atoms with E-state index in [9.17, 15) is 8.42 Å². The fourth-order valence-electron chi connectivity index (χ4n) is 1.10. The summed E-state index contributed by atoms with van der Waals surface area (Å²) in [4.78, 5) is -0.0899. The normalized spacial score (nSPS) is 11.7. The number of nitrogens with two attached hydrogens (primary N) is 1. The first-order valence-electron chi connectivity index (χ1n) is 4.68. The molecular weight excluding hydrogens is 307 g/mol. The van der Waals surface area contributed by atoms with Gasteiger partial charge in [0.15, 0.2) is 0 Å². The monoisotopic (exact) mass is 316 g/mol. The number of benzene rings is 1. The maximum atomic E-state index is 11.9. The maximum absolute atomic E-state index is 11.9. The number of rotatable bonds is 5. The molecule has 17 heavy (non-hydrogen) atoms. The molecule has 0 fully saturated rings. The van der Waals surface area contributed by atoms with Crippen LogP contribution in [0, 0.1) is 0 Å². The van der Waals surface area contributed by atoms with Crippen molar-refractivity contribution in [1.82, 2.24) is 4.72 Å². The molecule has 1 aromatic rings. The number of nitrogens with one attached hydrogen (secondary N) is 1. The van der Waals surface area contributed by atoms with Crippen molar-refractivity contribution < 1.29 is 8.42 Å². The molecule has 0 saturated heterocycles. The molecule has 4 nitrogen and oxygen atoms in total. The van der Waals surface area contributed by atoms with Crippen LogP contribution in [0.15, 0.2) is 17.0 Å². The minimum absolute atomic E-state index is 0.0327. The van der Waals surface area contributed by atoms with Crippen molar-refractivity contribution in [2.24, 2.45) is 0 Å². The molecule has 0 unspecified atom stereocenters. The van der Waals surface area contributed by atoms with Gasteiger partial charge in [-0.2, -0.15) is 0 Å². The number of alkyl halides is 1. The summed E-state index contributed by atoms with van der Waals surface area (Å²) in [7, 11) is -3.68. The molecule has 0 bridgehead atoms. The van der Waals surface area contributed by atoms with E-state index < -0.39 is 10.0 Å². The fourth-order valence-corrected chi connectivity index (χ4v) is 3.10. The minimum Gasteiger partial charge on any atom is -0.397 e. The van der Waals surface area contributed by atoms with Gasteiger partial charge in [0.05, 0.1) is 15.7 Å². The third-order valence-corrected chi connectivity index (χ3v) is 4.46. The summed E-state index contributed by atoms with van der Waals surface area (Å²) < 4.78 is 26.1. The van der Waals surface area contributed by atoms with Crippen LogP contribution in [0.1, 0.15) is 6.42 Å². The molecule has 0 aliphatic rings. The Kier molecular flexibility index (Phi) is 5.34. The van der Waals surface area contributed by atoms with E-state index in [0.717, 1.165) is 0 Å². The third-order valence-electron chi connectivity index (χ3n) is 1.94. The summed E-state index contributed by atoms with van der Waals surface area (Å²) >= 11 is 17.0. The first kappa shape index (κ1) is 14.9. The van der Waals surface area contributed by atoms with E-state index in [-0.39, 0.29) is 27.2 Å². The van der Waals surface area contributed by atoms with Gasteiger partial charge < -0.3 is 5.73 Å². The fraction of sp³-hybridized carbons (Fsp3) is 0.333. The lowest BCUT2D eigenvalue weighted by atomic mass is 10.3. The average molecular weight is 318 g/mol. The van der Waals surface area contributed by atoms with Crippen LogP contribution in [-0.4, -0.2) is 20.8 Å². The van der Waals surface area contributed by atoms with Crippen LogP contribution in [0.4, 0.5) is 5.69 Å². The Bertz CT molecular complexity index is 505. The maximum Gasteiger partial charge on any atom is 0.242 e. The van der Waals surface area contributed by atoms with Gasteiger partial charge in [0.25, 0.3) is 0 Å². The summed E-state index contributed by atoms with van der Waals surface area (Å²) in [6, 6.07) is 2.53. The van der Waals surface area contributed by atoms with E-state index in [4.69, 9.17) is 40.5 Å². The first-order valence-corrected chi connectivity index (χ1v) is 7.46. The third kappa shape index (κ3) is 3.89. The van der Waals surface area contributed by atoms with Crippen molar-refractivity contribution in [3.8, 4) is 0 Å². The molecule has 96 valence electrons. The molecule has 0 radical (unpaired) electrons. The Balaban J connectivity index is 3.03. The van der Waals surface area contributed by atoms with Crippen LogP contribution < -0.4 is 10.5 Å². The van der Waals surface area contributed by atoms with Gasteiger partial charge in [-0.1, -0.05) is 23.2 Å². The quantitative estimate of drug-likeness (QED) is 0.498. The molecule has 0 saturated carbocycles. The molecule has 1 rings (SSSR count). The highest BCUT2D eigenvalue weighted by Crippen LogP contribution is 2.29. The van der Waals surface area contributed by atoms with E-state index in [1.54, 1.807) is 0 Å². The van der Waals surface area contributed by atoms with Crippen molar-refractivity contribution in [2.75, 3.05) is 18.2 Å². The summed E-state index contributed by atoms with van der Waals surface area (Å²) in [5.74, 6) is 0.374. The van der Waals surface area contributed by atoms with Gasteiger partial charge in [0, 0.05) is 12.4 Å². The van der Waals surface area contributed by atoms with Crippen LogP contribution in [0.25, 0.3) is 0 Å². The van der Waals surface area contributed by atoms with Gasteiger partial charge in [0.1, 0.15) is 4.90 Å². The Morgan fingerprint density at radius 1 is 1.24 bits per heavy atom. The standard InChI is InChI=1S/C9H11Cl3N2O2S/c10-2-1-3-14-17(15,16)9-5-6(11)8(13)4-7(9)12/h4-5,14H,1-3,13H2. The zero-order chi connectivity index (χ0) is 13.1. The van der Waals surface area contributed by atoms with Gasteiger partial charge in [-0.3, -0.25) is 0 Å². The molecule has 0 spiro atoms. The van der Waals surface area contributed by atoms with Crippen molar-refractivity contribution in [3.63, 3.8) is 0 Å². The zero-order valence-corrected chi connectivity index (χ0v) is 11.8. The number of halogens is 3. The summed E-state index contributed by atoms with van der Waals surface area (Å²) in [6.45, 7) is 0.240. The van der Waals surface area contributed by atoms with Gasteiger partial charge in [0.2, 0.25) is 10.0 Å². The molecule has 0 aliphatic carbocycles. The molecule has 0 amide bonds. The number of anilines is 1. The highest BCUT2D eigenvalue weighted by atomic mass is 35.5. The molecule has 3 N–H and O–H groups in total. The lowest BCUT2D eigenvalue weighted by molar-refractivity contribution is 0.581. The van der Waals surface area contributed by atoms with Crippen LogP contribution in [-0.2, 0) is 10.0 Å². The summed E-state index contributed by atoms with van der Waals surface area (Å²) in [6.07, 6.45) is 0.529. The first-order chi connectivity index (χ1) is 7.88. The Morgan fingerprint density at radius 3 is 2.47 bits per heavy atom. The SMILES string of the molecule is Nc1cc(Cl)c(S(=O)(=O)NCCCCl)cc1Cl. The number of hydrogen-bond acceptors (Lipinski definition) is 3. The van der Waals surface area contributed by atoms with Crippen LogP contribution in [0.5, 0.6) is 0 Å². The molecule has 0 heterocycles. The van der Waals surface area contributed by atoms with Crippen molar-refractivity contribution >= 4 is 50.5 Å². The molecule has 1 aromatic carbocycles.